The molecule has 0 radical (unpaired) electrons. The van der Waals surface area contributed by atoms with Crippen molar-refractivity contribution in [2.45, 2.75) is 154 Å². The Bertz CT molecular complexity index is 1680. The van der Waals surface area contributed by atoms with Gasteiger partial charge in [-0.1, -0.05) is 160 Å². The fourth-order valence-corrected chi connectivity index (χ4v) is 56.1. The molecule has 0 amide bonds. The van der Waals surface area contributed by atoms with Crippen molar-refractivity contribution in [3.8, 4) is 11.5 Å². The first kappa shape index (κ1) is 44.8. The van der Waals surface area contributed by atoms with Gasteiger partial charge in [-0.3, -0.25) is 0 Å². The van der Waals surface area contributed by atoms with Crippen molar-refractivity contribution in [2.75, 3.05) is 0 Å². The molecule has 1 unspecified atom stereocenters. The molecule has 1 atom stereocenters. The first-order valence-corrected chi connectivity index (χ1v) is 44.6. The van der Waals surface area contributed by atoms with Gasteiger partial charge in [0.25, 0.3) is 7.25 Å². The average Bonchev–Trinajstić information content (AvgIpc) is 3.32. The second-order valence-corrected chi connectivity index (χ2v) is 61.3. The van der Waals surface area contributed by atoms with Crippen molar-refractivity contribution in [2.24, 2.45) is 0 Å². The van der Waals surface area contributed by atoms with Crippen molar-refractivity contribution >= 4 is 83.9 Å². The Morgan fingerprint density at radius 3 is 1.09 bits per heavy atom. The molecule has 292 valence electrons. The normalized spacial score (nSPS) is 15.9. The van der Waals surface area contributed by atoms with Crippen LogP contribution in [-0.2, 0) is 0 Å². The number of benzene rings is 3. The Labute approximate surface area is 338 Å². The van der Waals surface area contributed by atoms with Crippen LogP contribution < -0.4 is 19.7 Å². The van der Waals surface area contributed by atoms with Crippen LogP contribution in [0.5, 0.6) is 11.5 Å². The molecule has 0 spiro atoms. The fourth-order valence-electron chi connectivity index (χ4n) is 11.7. The van der Waals surface area contributed by atoms with Gasteiger partial charge in [-0.05, 0) is 86.6 Å². The molecule has 11 heteroatoms. The van der Waals surface area contributed by atoms with E-state index in [1.165, 1.54) is 27.1 Å². The average molecular weight is 854 g/mol. The molecule has 1 aliphatic heterocycles. The van der Waals surface area contributed by atoms with Crippen LogP contribution in [0.25, 0.3) is 0 Å². The number of para-hydroxylation sites is 2. The Morgan fingerprint density at radius 2 is 0.792 bits per heavy atom. The Hall–Kier alpha value is -0.867. The molecule has 4 rings (SSSR count). The van der Waals surface area contributed by atoms with Gasteiger partial charge in [-0.2, -0.15) is 11.1 Å². The zero-order valence-electron chi connectivity index (χ0n) is 37.6. The van der Waals surface area contributed by atoms with E-state index >= 15 is 0 Å². The van der Waals surface area contributed by atoms with Gasteiger partial charge in [0, 0.05) is 48.4 Å². The molecular formula is C42H74BClO2Si7. The topological polar surface area (TPSA) is 18.5 Å². The van der Waals surface area contributed by atoms with Crippen molar-refractivity contribution in [3.05, 3.63) is 81.9 Å². The van der Waals surface area contributed by atoms with Crippen LogP contribution in [0.4, 0.5) is 0 Å². The summed E-state index contributed by atoms with van der Waals surface area (Å²) in [7, 11) is -14.0. The standard InChI is InChI=1S/C42H74BClO2Si7/c1-30-26-31(2)38(32(3)27-30)53(44,43-45-36-24-22-23-25-37(36)46-43)39-34(41(49(10,11)12)50(13,14)15)28-33(40(47(4,5)6)48(7,8)9)29-35(39)42(51(16,17)18)52(19,20)21/h22-29,40-42H,1-21H3. The molecule has 1 heterocycles. The van der Waals surface area contributed by atoms with E-state index in [-0.39, 0.29) is 0 Å². The summed E-state index contributed by atoms with van der Waals surface area (Å²) in [6, 6.07) is 18.5. The maximum Gasteiger partial charge on any atom is 0.592 e. The third-order valence-electron chi connectivity index (χ3n) is 11.4. The van der Waals surface area contributed by atoms with Crippen LogP contribution in [0.3, 0.4) is 0 Å². The van der Waals surface area contributed by atoms with Gasteiger partial charge < -0.3 is 9.31 Å². The smallest absolute Gasteiger partial charge is 0.525 e. The van der Waals surface area contributed by atoms with E-state index in [4.69, 9.17) is 20.4 Å². The van der Waals surface area contributed by atoms with Gasteiger partial charge in [0.05, 0.1) is 0 Å². The van der Waals surface area contributed by atoms with Gasteiger partial charge in [-0.15, -0.1) is 0 Å². The van der Waals surface area contributed by atoms with E-state index < -0.39 is 62.4 Å². The molecule has 3 aromatic rings. The van der Waals surface area contributed by atoms with E-state index in [1.807, 2.05) is 0 Å². The molecule has 0 saturated heterocycles. The first-order chi connectivity index (χ1) is 23.7. The zero-order chi connectivity index (χ0) is 40.7. The van der Waals surface area contributed by atoms with Crippen molar-refractivity contribution in [1.29, 1.82) is 0 Å². The predicted molar refractivity (Wildman–Crippen MR) is 260 cm³/mol. The van der Waals surface area contributed by atoms with Crippen LogP contribution in [0.15, 0.2) is 48.5 Å². The lowest BCUT2D eigenvalue weighted by atomic mass is 10.1. The number of hydrogen-bond acceptors (Lipinski definition) is 2. The van der Waals surface area contributed by atoms with Crippen LogP contribution >= 0.6 is 11.1 Å². The SMILES string of the molecule is Cc1cc(C)c([Si](Cl)(B2Oc3ccccc3O2)c2c(C([Si](C)(C)C)[Si](C)(C)C)cc(C([Si](C)(C)C)[Si](C)(C)C)cc2C([Si](C)(C)C)[Si](C)(C)C)c(C)c1. The summed E-state index contributed by atoms with van der Waals surface area (Å²) in [5.74, 6) is 1.63. The van der Waals surface area contributed by atoms with Gasteiger partial charge in [0.2, 0.25) is 0 Å². The summed E-state index contributed by atoms with van der Waals surface area (Å²) in [4.78, 5) is 0. The number of rotatable bonds is 12. The molecule has 0 saturated carbocycles. The number of halogens is 1. The van der Waals surface area contributed by atoms with Crippen LogP contribution in [0, 0.1) is 20.8 Å². The van der Waals surface area contributed by atoms with E-state index in [0.717, 1.165) is 11.5 Å². The minimum Gasteiger partial charge on any atom is -0.525 e. The maximum atomic E-state index is 9.03. The van der Waals surface area contributed by atoms with Gasteiger partial charge in [0.15, 0.2) is 0 Å². The minimum atomic E-state index is -3.42. The summed E-state index contributed by atoms with van der Waals surface area (Å²) < 4.78 is 14.2. The highest BCUT2D eigenvalue weighted by molar-refractivity contribution is 7.61. The van der Waals surface area contributed by atoms with E-state index in [0.29, 0.717) is 15.5 Å². The molecule has 0 aromatic heterocycles. The molecule has 1 aliphatic rings. The van der Waals surface area contributed by atoms with E-state index in [9.17, 15) is 0 Å². The van der Waals surface area contributed by atoms with Crippen LogP contribution in [0.1, 0.15) is 48.9 Å². The van der Waals surface area contributed by atoms with Crippen molar-refractivity contribution in [3.63, 3.8) is 0 Å². The quantitative estimate of drug-likeness (QED) is 0.133. The summed E-state index contributed by atoms with van der Waals surface area (Å²) in [5.41, 5.74) is 8.62. The maximum absolute atomic E-state index is 9.03. The van der Waals surface area contributed by atoms with Crippen molar-refractivity contribution in [1.82, 2.24) is 0 Å². The molecular weight excluding hydrogens is 779 g/mol. The van der Waals surface area contributed by atoms with Gasteiger partial charge in [0.1, 0.15) is 11.5 Å². The molecule has 2 nitrogen and oxygen atoms in total. The third kappa shape index (κ3) is 9.15. The molecule has 0 N–H and O–H groups in total. The lowest BCUT2D eigenvalue weighted by Crippen LogP contribution is -2.72. The Kier molecular flexibility index (Phi) is 12.5. The van der Waals surface area contributed by atoms with Crippen LogP contribution in [-0.4, -0.2) is 62.4 Å². The fraction of sp³-hybridized carbons (Fsp3) is 0.571. The first-order valence-electron chi connectivity index (χ1n) is 20.1. The third-order valence-corrected chi connectivity index (χ3v) is 44.7. The second kappa shape index (κ2) is 14.8. The van der Waals surface area contributed by atoms with E-state index in [2.05, 4.69) is 187 Å². The highest BCUT2D eigenvalue weighted by atomic mass is 35.6. The number of aryl methyl sites for hydroxylation is 3. The predicted octanol–water partition coefficient (Wildman–Crippen LogP) is 12.5. The summed E-state index contributed by atoms with van der Waals surface area (Å²) in [6.45, 7) is 53.6. The molecule has 0 fully saturated rings. The zero-order valence-corrected chi connectivity index (χ0v) is 45.4. The lowest BCUT2D eigenvalue weighted by Gasteiger charge is -2.48. The summed E-state index contributed by atoms with van der Waals surface area (Å²) in [6.07, 6.45) is 0. The Balaban J connectivity index is 2.44. The van der Waals surface area contributed by atoms with E-state index in [1.54, 1.807) is 16.7 Å². The van der Waals surface area contributed by atoms with Crippen molar-refractivity contribution < 1.29 is 9.31 Å². The molecule has 0 aliphatic carbocycles. The lowest BCUT2D eigenvalue weighted by molar-refractivity contribution is 0.526. The summed E-state index contributed by atoms with van der Waals surface area (Å²) >= 11 is 9.03. The minimum absolute atomic E-state index is 0.511. The molecule has 0 bridgehead atoms. The summed E-state index contributed by atoms with van der Waals surface area (Å²) in [5, 5.41) is 4.41. The highest BCUT2D eigenvalue weighted by Crippen LogP contribution is 2.47. The highest BCUT2D eigenvalue weighted by Gasteiger charge is 2.62. The van der Waals surface area contributed by atoms with Gasteiger partial charge in [-0.25, -0.2) is 0 Å². The number of hydrogen-bond donors (Lipinski definition) is 0. The molecule has 53 heavy (non-hydrogen) atoms. The Morgan fingerprint density at radius 1 is 0.472 bits per heavy atom. The monoisotopic (exact) mass is 852 g/mol. The number of fused-ring (bicyclic) bond motifs is 1. The largest absolute Gasteiger partial charge is 0.592 e. The van der Waals surface area contributed by atoms with Gasteiger partial charge >= 0.3 is 6.71 Å². The van der Waals surface area contributed by atoms with Crippen LogP contribution in [0.2, 0.25) is 118 Å². The second-order valence-electron chi connectivity index (χ2n) is 23.1. The molecule has 3 aromatic carbocycles.